The van der Waals surface area contributed by atoms with E-state index in [-0.39, 0.29) is 18.0 Å². The molecule has 0 aliphatic carbocycles. The Hall–Kier alpha value is -2.95. The summed E-state index contributed by atoms with van der Waals surface area (Å²) in [6.07, 6.45) is 0.591. The van der Waals surface area contributed by atoms with Gasteiger partial charge in [-0.3, -0.25) is 9.69 Å². The number of carbonyl (C=O) groups excluding carboxylic acids is 1. The second-order valence-corrected chi connectivity index (χ2v) is 7.99. The molecule has 4 rings (SSSR count). The fourth-order valence-corrected chi connectivity index (χ4v) is 4.14. The van der Waals surface area contributed by atoms with Crippen molar-refractivity contribution < 1.29 is 9.90 Å². The lowest BCUT2D eigenvalue weighted by Gasteiger charge is -2.29. The van der Waals surface area contributed by atoms with Gasteiger partial charge in [0.2, 0.25) is 5.91 Å². The summed E-state index contributed by atoms with van der Waals surface area (Å²) in [5, 5.41) is 14.1. The van der Waals surface area contributed by atoms with Crippen molar-refractivity contribution in [1.82, 2.24) is 10.2 Å². The number of benzene rings is 3. The molecule has 3 aromatic carbocycles. The first kappa shape index (κ1) is 20.3. The average molecular weight is 401 g/mol. The molecule has 0 saturated carbocycles. The maximum Gasteiger partial charge on any atom is 0.238 e. The van der Waals surface area contributed by atoms with Crippen molar-refractivity contribution in [2.75, 3.05) is 6.54 Å². The smallest absolute Gasteiger partial charge is 0.238 e. The highest BCUT2D eigenvalue weighted by atomic mass is 16.3. The van der Waals surface area contributed by atoms with Gasteiger partial charge in [0.05, 0.1) is 18.2 Å². The largest absolute Gasteiger partial charge is 0.390 e. The van der Waals surface area contributed by atoms with E-state index in [4.69, 9.17) is 0 Å². The standard InChI is InChI=1S/C26H28N2O2/c29-25-19-28(18-22-14-8-3-9-15-22)24(17-21-12-6-2-7-13-21)26(30)27-23(25)16-20-10-4-1-5-11-20/h1-15,23-25,29H,16-19H2,(H,27,30)/t23-,24+,25-/m1/s1. The Kier molecular flexibility index (Phi) is 6.57. The van der Waals surface area contributed by atoms with E-state index in [9.17, 15) is 9.90 Å². The van der Waals surface area contributed by atoms with Gasteiger partial charge in [-0.25, -0.2) is 0 Å². The highest BCUT2D eigenvalue weighted by Gasteiger charge is 2.36. The quantitative estimate of drug-likeness (QED) is 0.668. The number of hydrogen-bond acceptors (Lipinski definition) is 3. The number of amides is 1. The molecule has 4 nitrogen and oxygen atoms in total. The van der Waals surface area contributed by atoms with Gasteiger partial charge in [0, 0.05) is 13.1 Å². The summed E-state index contributed by atoms with van der Waals surface area (Å²) in [6, 6.07) is 29.6. The lowest BCUT2D eigenvalue weighted by Crippen LogP contribution is -2.47. The molecule has 3 aromatic rings. The number of nitrogens with zero attached hydrogens (tertiary/aromatic N) is 1. The van der Waals surface area contributed by atoms with Gasteiger partial charge in [-0.1, -0.05) is 91.0 Å². The number of rotatable bonds is 6. The van der Waals surface area contributed by atoms with Crippen LogP contribution in [-0.2, 0) is 24.2 Å². The summed E-state index contributed by atoms with van der Waals surface area (Å²) in [6.45, 7) is 1.07. The molecule has 0 unspecified atom stereocenters. The Morgan fingerprint density at radius 3 is 1.83 bits per heavy atom. The Bertz CT molecular complexity index is 931. The van der Waals surface area contributed by atoms with Crippen LogP contribution in [0.25, 0.3) is 0 Å². The minimum atomic E-state index is -0.640. The normalized spacial score (nSPS) is 22.3. The van der Waals surface area contributed by atoms with Crippen molar-refractivity contribution in [3.63, 3.8) is 0 Å². The van der Waals surface area contributed by atoms with Crippen molar-refractivity contribution in [3.05, 3.63) is 108 Å². The first-order valence-corrected chi connectivity index (χ1v) is 10.5. The van der Waals surface area contributed by atoms with Gasteiger partial charge >= 0.3 is 0 Å². The third-order valence-corrected chi connectivity index (χ3v) is 5.76. The first-order chi connectivity index (χ1) is 14.7. The molecular weight excluding hydrogens is 372 g/mol. The summed E-state index contributed by atoms with van der Waals surface area (Å²) < 4.78 is 0. The van der Waals surface area contributed by atoms with E-state index >= 15 is 0 Å². The zero-order chi connectivity index (χ0) is 20.8. The molecule has 4 heteroatoms. The van der Waals surface area contributed by atoms with Crippen LogP contribution in [-0.4, -0.2) is 40.6 Å². The van der Waals surface area contributed by atoms with Gasteiger partial charge in [0.15, 0.2) is 0 Å². The molecule has 3 atom stereocenters. The second kappa shape index (κ2) is 9.70. The summed E-state index contributed by atoms with van der Waals surface area (Å²) >= 11 is 0. The second-order valence-electron chi connectivity index (χ2n) is 7.99. The number of β-amino-alcohol motifs (C(OH)–C–C–N with tert-alkyl or cyclic N) is 1. The molecule has 1 amide bonds. The number of aliphatic hydroxyl groups excluding tert-OH is 1. The van der Waals surface area contributed by atoms with Gasteiger partial charge in [0.25, 0.3) is 0 Å². The summed E-state index contributed by atoms with van der Waals surface area (Å²) in [7, 11) is 0. The lowest BCUT2D eigenvalue weighted by atomic mass is 10.0. The van der Waals surface area contributed by atoms with E-state index in [0.717, 1.165) is 16.7 Å². The molecular formula is C26H28N2O2. The molecule has 154 valence electrons. The predicted octanol–water partition coefficient (Wildman–Crippen LogP) is 3.20. The van der Waals surface area contributed by atoms with Crippen molar-refractivity contribution in [3.8, 4) is 0 Å². The van der Waals surface area contributed by atoms with Crippen molar-refractivity contribution in [2.45, 2.75) is 37.6 Å². The molecule has 1 fully saturated rings. The number of aliphatic hydroxyl groups is 1. The minimum absolute atomic E-state index is 0.0211. The summed E-state index contributed by atoms with van der Waals surface area (Å²) in [4.78, 5) is 15.4. The van der Waals surface area contributed by atoms with Gasteiger partial charge in [-0.2, -0.15) is 0 Å². The molecule has 0 aromatic heterocycles. The maximum atomic E-state index is 13.3. The van der Waals surface area contributed by atoms with Gasteiger partial charge < -0.3 is 10.4 Å². The average Bonchev–Trinajstić information content (AvgIpc) is 2.88. The zero-order valence-corrected chi connectivity index (χ0v) is 17.0. The molecule has 1 aliphatic rings. The molecule has 0 spiro atoms. The maximum absolute atomic E-state index is 13.3. The molecule has 30 heavy (non-hydrogen) atoms. The Morgan fingerprint density at radius 1 is 0.767 bits per heavy atom. The monoisotopic (exact) mass is 400 g/mol. The Labute approximate surface area is 178 Å². The summed E-state index contributed by atoms with van der Waals surface area (Å²) in [5.41, 5.74) is 3.36. The molecule has 0 bridgehead atoms. The van der Waals surface area contributed by atoms with Gasteiger partial charge in [-0.05, 0) is 29.5 Å². The fourth-order valence-electron chi connectivity index (χ4n) is 4.14. The molecule has 2 N–H and O–H groups in total. The van der Waals surface area contributed by atoms with Gasteiger partial charge in [0.1, 0.15) is 0 Å². The van der Waals surface area contributed by atoms with Crippen LogP contribution in [0.4, 0.5) is 0 Å². The Morgan fingerprint density at radius 2 is 1.27 bits per heavy atom. The van der Waals surface area contributed by atoms with Crippen molar-refractivity contribution >= 4 is 5.91 Å². The van der Waals surface area contributed by atoms with E-state index in [1.165, 1.54) is 0 Å². The SMILES string of the molecule is O=C1N[C@H](Cc2ccccc2)[C@H](O)CN(Cc2ccccc2)[C@H]1Cc1ccccc1. The third kappa shape index (κ3) is 5.15. The van der Waals surface area contributed by atoms with Crippen molar-refractivity contribution in [1.29, 1.82) is 0 Å². The summed E-state index contributed by atoms with van der Waals surface area (Å²) in [5.74, 6) is -0.0211. The van der Waals surface area contributed by atoms with Crippen LogP contribution in [0.2, 0.25) is 0 Å². The van der Waals surface area contributed by atoms with Crippen LogP contribution in [0.15, 0.2) is 91.0 Å². The van der Waals surface area contributed by atoms with E-state index < -0.39 is 6.10 Å². The topological polar surface area (TPSA) is 52.6 Å². The van der Waals surface area contributed by atoms with E-state index in [1.807, 2.05) is 66.7 Å². The van der Waals surface area contributed by atoms with Crippen LogP contribution >= 0.6 is 0 Å². The van der Waals surface area contributed by atoms with E-state index in [1.54, 1.807) is 0 Å². The molecule has 1 heterocycles. The lowest BCUT2D eigenvalue weighted by molar-refractivity contribution is -0.126. The van der Waals surface area contributed by atoms with Crippen LogP contribution in [0.5, 0.6) is 0 Å². The zero-order valence-electron chi connectivity index (χ0n) is 17.0. The van der Waals surface area contributed by atoms with Gasteiger partial charge in [-0.15, -0.1) is 0 Å². The highest BCUT2D eigenvalue weighted by molar-refractivity contribution is 5.83. The first-order valence-electron chi connectivity index (χ1n) is 10.5. The molecule has 0 radical (unpaired) electrons. The van der Waals surface area contributed by atoms with Crippen molar-refractivity contribution in [2.24, 2.45) is 0 Å². The fraction of sp³-hybridized carbons (Fsp3) is 0.269. The number of hydrogen-bond donors (Lipinski definition) is 2. The minimum Gasteiger partial charge on any atom is -0.390 e. The Balaban J connectivity index is 1.58. The van der Waals surface area contributed by atoms with E-state index in [0.29, 0.717) is 25.9 Å². The molecule has 1 aliphatic heterocycles. The van der Waals surface area contributed by atoms with E-state index in [2.05, 4.69) is 34.5 Å². The number of nitrogens with one attached hydrogen (secondary N) is 1. The third-order valence-electron chi connectivity index (χ3n) is 5.76. The van der Waals surface area contributed by atoms with Crippen LogP contribution in [0, 0.1) is 0 Å². The molecule has 1 saturated heterocycles. The number of carbonyl (C=O) groups is 1. The van der Waals surface area contributed by atoms with Crippen LogP contribution in [0.1, 0.15) is 16.7 Å². The van der Waals surface area contributed by atoms with Crippen LogP contribution < -0.4 is 5.32 Å². The van der Waals surface area contributed by atoms with Crippen LogP contribution in [0.3, 0.4) is 0 Å². The predicted molar refractivity (Wildman–Crippen MR) is 119 cm³/mol. The highest BCUT2D eigenvalue weighted by Crippen LogP contribution is 2.19.